The molecule has 5 nitrogen and oxygen atoms in total. The zero-order chi connectivity index (χ0) is 18.1. The van der Waals surface area contributed by atoms with E-state index in [2.05, 4.69) is 10.3 Å². The molecule has 6 heteroatoms. The molecule has 0 saturated carbocycles. The highest BCUT2D eigenvalue weighted by molar-refractivity contribution is 7.98. The zero-order valence-electron chi connectivity index (χ0n) is 14.6. The number of rotatable bonds is 8. The lowest BCUT2D eigenvalue weighted by molar-refractivity contribution is -0.121. The number of hydrogen-bond acceptors (Lipinski definition) is 4. The molecule has 0 atom stereocenters. The van der Waals surface area contributed by atoms with Crippen LogP contribution in [0.4, 0.5) is 0 Å². The fourth-order valence-electron chi connectivity index (χ4n) is 2.28. The van der Waals surface area contributed by atoms with E-state index in [1.54, 1.807) is 22.9 Å². The first-order chi connectivity index (χ1) is 12.1. The molecule has 0 unspecified atom stereocenters. The Hall–Kier alpha value is -2.34. The number of likely N-dealkylation sites (N-methyl/N-ethyl adjacent to an activating group) is 2. The second-order valence-corrected chi connectivity index (χ2v) is 6.50. The lowest BCUT2D eigenvalue weighted by atomic mass is 10.2. The topological polar surface area (TPSA) is 62.3 Å². The smallest absolute Gasteiger partial charge is 0.254 e. The Kier molecular flexibility index (Phi) is 7.47. The molecule has 25 heavy (non-hydrogen) atoms. The minimum atomic E-state index is -0.138. The molecule has 1 heterocycles. The molecule has 1 aromatic carbocycles. The maximum Gasteiger partial charge on any atom is 0.254 e. The number of aromatic nitrogens is 1. The first-order valence-corrected chi connectivity index (χ1v) is 9.30. The molecular formula is C19H23N3O2S. The molecule has 0 saturated heterocycles. The molecular weight excluding hydrogens is 334 g/mol. The van der Waals surface area contributed by atoms with E-state index in [-0.39, 0.29) is 18.4 Å². The van der Waals surface area contributed by atoms with Crippen LogP contribution in [0.15, 0.2) is 53.7 Å². The van der Waals surface area contributed by atoms with Gasteiger partial charge in [-0.3, -0.25) is 14.6 Å². The van der Waals surface area contributed by atoms with Crippen LogP contribution in [0.2, 0.25) is 0 Å². The lowest BCUT2D eigenvalue weighted by Crippen LogP contribution is -2.40. The predicted octanol–water partition coefficient (Wildman–Crippen LogP) is 2.97. The van der Waals surface area contributed by atoms with Gasteiger partial charge in [0.25, 0.3) is 5.91 Å². The van der Waals surface area contributed by atoms with Crippen molar-refractivity contribution in [1.82, 2.24) is 15.2 Å². The Morgan fingerprint density at radius 2 is 1.92 bits per heavy atom. The SMILES string of the molecule is CCNC(=O)CN(CC)C(=O)c1ccc(SCc2cccnc2)cc1. The van der Waals surface area contributed by atoms with Gasteiger partial charge in [-0.1, -0.05) is 6.07 Å². The summed E-state index contributed by atoms with van der Waals surface area (Å²) < 4.78 is 0. The Bertz CT molecular complexity index is 690. The number of amides is 2. The third-order valence-electron chi connectivity index (χ3n) is 3.61. The van der Waals surface area contributed by atoms with Gasteiger partial charge in [-0.15, -0.1) is 11.8 Å². The van der Waals surface area contributed by atoms with E-state index in [0.29, 0.717) is 18.7 Å². The van der Waals surface area contributed by atoms with Crippen molar-refractivity contribution in [3.63, 3.8) is 0 Å². The first-order valence-electron chi connectivity index (χ1n) is 8.31. The summed E-state index contributed by atoms with van der Waals surface area (Å²) in [5.41, 5.74) is 1.75. The van der Waals surface area contributed by atoms with Crippen LogP contribution in [-0.2, 0) is 10.5 Å². The van der Waals surface area contributed by atoms with Gasteiger partial charge in [0, 0.05) is 41.7 Å². The summed E-state index contributed by atoms with van der Waals surface area (Å²) in [5, 5.41) is 2.72. The lowest BCUT2D eigenvalue weighted by Gasteiger charge is -2.20. The van der Waals surface area contributed by atoms with Crippen molar-refractivity contribution >= 4 is 23.6 Å². The average Bonchev–Trinajstić information content (AvgIpc) is 2.65. The van der Waals surface area contributed by atoms with Crippen LogP contribution in [0.1, 0.15) is 29.8 Å². The number of thioether (sulfide) groups is 1. The maximum absolute atomic E-state index is 12.5. The van der Waals surface area contributed by atoms with Crippen LogP contribution >= 0.6 is 11.8 Å². The van der Waals surface area contributed by atoms with Gasteiger partial charge in [0.15, 0.2) is 0 Å². The van der Waals surface area contributed by atoms with E-state index in [0.717, 1.165) is 16.2 Å². The minimum absolute atomic E-state index is 0.0840. The third kappa shape index (κ3) is 5.90. The largest absolute Gasteiger partial charge is 0.355 e. The summed E-state index contributed by atoms with van der Waals surface area (Å²) in [6, 6.07) is 11.5. The monoisotopic (exact) mass is 357 g/mol. The van der Waals surface area contributed by atoms with Gasteiger partial charge in [0.05, 0.1) is 6.54 Å². The predicted molar refractivity (Wildman–Crippen MR) is 101 cm³/mol. The van der Waals surface area contributed by atoms with Crippen LogP contribution in [-0.4, -0.2) is 41.3 Å². The normalized spacial score (nSPS) is 10.3. The van der Waals surface area contributed by atoms with Crippen LogP contribution in [0.25, 0.3) is 0 Å². The molecule has 132 valence electrons. The van der Waals surface area contributed by atoms with Crippen LogP contribution in [0.3, 0.4) is 0 Å². The number of carbonyl (C=O) groups excluding carboxylic acids is 2. The van der Waals surface area contributed by atoms with Gasteiger partial charge in [-0.25, -0.2) is 0 Å². The Morgan fingerprint density at radius 3 is 2.52 bits per heavy atom. The molecule has 0 radical (unpaired) electrons. The van der Waals surface area contributed by atoms with Crippen LogP contribution in [0, 0.1) is 0 Å². The molecule has 1 N–H and O–H groups in total. The van der Waals surface area contributed by atoms with Crippen molar-refractivity contribution < 1.29 is 9.59 Å². The molecule has 2 amide bonds. The number of nitrogens with one attached hydrogen (secondary N) is 1. The summed E-state index contributed by atoms with van der Waals surface area (Å²) in [7, 11) is 0. The van der Waals surface area contributed by atoms with Crippen molar-refractivity contribution in [2.45, 2.75) is 24.5 Å². The minimum Gasteiger partial charge on any atom is -0.355 e. The number of carbonyl (C=O) groups is 2. The van der Waals surface area contributed by atoms with Gasteiger partial charge >= 0.3 is 0 Å². The van der Waals surface area contributed by atoms with E-state index in [1.165, 1.54) is 0 Å². The van der Waals surface area contributed by atoms with E-state index >= 15 is 0 Å². The van der Waals surface area contributed by atoms with Crippen LogP contribution in [0.5, 0.6) is 0 Å². The fourth-order valence-corrected chi connectivity index (χ4v) is 3.11. The van der Waals surface area contributed by atoms with E-state index in [1.807, 2.05) is 56.4 Å². The number of nitrogens with zero attached hydrogens (tertiary/aromatic N) is 2. The molecule has 0 spiro atoms. The highest BCUT2D eigenvalue weighted by Crippen LogP contribution is 2.23. The second kappa shape index (κ2) is 9.84. The number of pyridine rings is 1. The van der Waals surface area contributed by atoms with Gasteiger partial charge in [0.2, 0.25) is 5.91 Å². The van der Waals surface area contributed by atoms with Crippen LogP contribution < -0.4 is 5.32 Å². The zero-order valence-corrected chi connectivity index (χ0v) is 15.4. The summed E-state index contributed by atoms with van der Waals surface area (Å²) in [5.74, 6) is 0.568. The molecule has 0 aliphatic carbocycles. The van der Waals surface area contributed by atoms with Gasteiger partial charge in [-0.2, -0.15) is 0 Å². The highest BCUT2D eigenvalue weighted by Gasteiger charge is 2.16. The summed E-state index contributed by atoms with van der Waals surface area (Å²) >= 11 is 1.70. The quantitative estimate of drug-likeness (QED) is 0.738. The van der Waals surface area contributed by atoms with Crippen molar-refractivity contribution in [3.8, 4) is 0 Å². The standard InChI is InChI=1S/C19H23N3O2S/c1-3-21-18(23)13-22(4-2)19(24)16-7-9-17(10-8-16)25-14-15-6-5-11-20-12-15/h5-12H,3-4,13-14H2,1-2H3,(H,21,23). The Balaban J connectivity index is 1.95. The van der Waals surface area contributed by atoms with Crippen molar-refractivity contribution in [3.05, 3.63) is 59.9 Å². The third-order valence-corrected chi connectivity index (χ3v) is 4.69. The molecule has 1 aromatic heterocycles. The molecule has 0 aliphatic heterocycles. The number of benzene rings is 1. The molecule has 2 rings (SSSR count). The van der Waals surface area contributed by atoms with Gasteiger partial charge in [-0.05, 0) is 49.7 Å². The first kappa shape index (κ1) is 19.0. The van der Waals surface area contributed by atoms with Gasteiger partial charge < -0.3 is 10.2 Å². The molecule has 2 aromatic rings. The van der Waals surface area contributed by atoms with Gasteiger partial charge in [0.1, 0.15) is 0 Å². The fraction of sp³-hybridized carbons (Fsp3) is 0.316. The Morgan fingerprint density at radius 1 is 1.16 bits per heavy atom. The van der Waals surface area contributed by atoms with E-state index in [4.69, 9.17) is 0 Å². The van der Waals surface area contributed by atoms with E-state index < -0.39 is 0 Å². The summed E-state index contributed by atoms with van der Waals surface area (Å²) in [6.45, 7) is 4.87. The van der Waals surface area contributed by atoms with E-state index in [9.17, 15) is 9.59 Å². The summed E-state index contributed by atoms with van der Waals surface area (Å²) in [6.07, 6.45) is 3.61. The summed E-state index contributed by atoms with van der Waals surface area (Å²) in [4.78, 5) is 31.0. The number of hydrogen-bond donors (Lipinski definition) is 1. The molecule has 0 bridgehead atoms. The van der Waals surface area contributed by atoms with Crippen molar-refractivity contribution in [1.29, 1.82) is 0 Å². The van der Waals surface area contributed by atoms with Crippen molar-refractivity contribution in [2.24, 2.45) is 0 Å². The van der Waals surface area contributed by atoms with Crippen molar-refractivity contribution in [2.75, 3.05) is 19.6 Å². The second-order valence-electron chi connectivity index (χ2n) is 5.45. The molecule has 0 aliphatic rings. The average molecular weight is 357 g/mol. The molecule has 0 fully saturated rings. The maximum atomic E-state index is 12.5. The highest BCUT2D eigenvalue weighted by atomic mass is 32.2. The Labute approximate surface area is 152 Å².